The second-order valence-electron chi connectivity index (χ2n) is 7.79. The van der Waals surface area contributed by atoms with Crippen LogP contribution in [0.15, 0.2) is 30.3 Å². The summed E-state index contributed by atoms with van der Waals surface area (Å²) in [5.74, 6) is -0.394. The highest BCUT2D eigenvalue weighted by Crippen LogP contribution is 2.37. The molecule has 7 N–H and O–H groups in total. The van der Waals surface area contributed by atoms with Crippen molar-refractivity contribution in [3.8, 4) is 28.7 Å². The van der Waals surface area contributed by atoms with E-state index in [1.54, 1.807) is 18.2 Å². The van der Waals surface area contributed by atoms with Crippen LogP contribution in [-0.4, -0.2) is 57.4 Å². The number of aromatic hydroxyl groups is 3. The van der Waals surface area contributed by atoms with Crippen LogP contribution in [0.5, 0.6) is 28.7 Å². The minimum atomic E-state index is -0.849. The Hall–Kier alpha value is -3.01. The van der Waals surface area contributed by atoms with Crippen LogP contribution in [0.3, 0.4) is 0 Å². The second kappa shape index (κ2) is 13.5. The van der Waals surface area contributed by atoms with Gasteiger partial charge in [0.1, 0.15) is 12.5 Å². The maximum atomic E-state index is 12.3. The molecule has 0 aliphatic rings. The summed E-state index contributed by atoms with van der Waals surface area (Å²) in [5.41, 5.74) is 6.79. The smallest absolute Gasteiger partial charge is 0.200 e. The average molecular weight is 464 g/mol. The van der Waals surface area contributed by atoms with E-state index in [0.717, 1.165) is 5.56 Å². The number of aliphatic hydroxyl groups is 2. The normalized spacial score (nSPS) is 11.8. The molecule has 1 unspecified atom stereocenters. The molecular weight excluding hydrogens is 430 g/mol. The van der Waals surface area contributed by atoms with Crippen molar-refractivity contribution in [3.63, 3.8) is 0 Å². The summed E-state index contributed by atoms with van der Waals surface area (Å²) in [7, 11) is 0. The predicted octanol–water partition coefficient (Wildman–Crippen LogP) is 2.14. The molecular formula is C24H33NO8. The van der Waals surface area contributed by atoms with Crippen LogP contribution in [0.25, 0.3) is 0 Å². The summed E-state index contributed by atoms with van der Waals surface area (Å²) in [4.78, 5) is 12.3. The number of Topliss-reactive ketones (excluding diaryl/α,β-unsaturated/α-hetero) is 1. The number of rotatable bonds is 15. The highest BCUT2D eigenvalue weighted by Gasteiger charge is 2.15. The molecule has 9 heteroatoms. The number of unbranched alkanes of at least 4 members (excludes halogenated alkanes) is 1. The molecule has 9 nitrogen and oxygen atoms in total. The van der Waals surface area contributed by atoms with E-state index in [4.69, 9.17) is 20.3 Å². The van der Waals surface area contributed by atoms with Gasteiger partial charge >= 0.3 is 0 Å². The van der Waals surface area contributed by atoms with Crippen LogP contribution < -0.4 is 15.2 Å². The molecule has 33 heavy (non-hydrogen) atoms. The van der Waals surface area contributed by atoms with E-state index in [2.05, 4.69) is 0 Å². The molecule has 2 aromatic carbocycles. The predicted molar refractivity (Wildman–Crippen MR) is 122 cm³/mol. The van der Waals surface area contributed by atoms with Crippen molar-refractivity contribution in [1.82, 2.24) is 0 Å². The Kier molecular flexibility index (Phi) is 10.8. The largest absolute Gasteiger partial charge is 0.504 e. The van der Waals surface area contributed by atoms with Gasteiger partial charge in [-0.1, -0.05) is 6.07 Å². The Balaban J connectivity index is 1.82. The van der Waals surface area contributed by atoms with Gasteiger partial charge in [-0.2, -0.15) is 0 Å². The third kappa shape index (κ3) is 8.80. The summed E-state index contributed by atoms with van der Waals surface area (Å²) in [5, 5.41) is 48.7. The molecule has 0 aliphatic heterocycles. The quantitative estimate of drug-likeness (QED) is 0.132. The number of carbonyl (C=O) groups is 1. The fraction of sp³-hybridized carbons (Fsp3) is 0.458. The standard InChI is InChI=1S/C24H33NO8/c25-15-33-22-12-16(5-8-20(22)29)3-6-18(27)14-19(28)7-4-17-11-21(30)24(31)23(13-17)32-10-2-1-9-26/h5,8,11-13,19,26,28-31H,1-4,6-7,9-10,14-15,25H2. The van der Waals surface area contributed by atoms with Crippen LogP contribution in [0.2, 0.25) is 0 Å². The number of aryl methyl sites for hydroxylation is 2. The molecule has 0 radical (unpaired) electrons. The number of phenols is 3. The maximum absolute atomic E-state index is 12.3. The molecule has 0 aliphatic carbocycles. The maximum Gasteiger partial charge on any atom is 0.200 e. The Morgan fingerprint density at radius 1 is 0.939 bits per heavy atom. The van der Waals surface area contributed by atoms with Crippen molar-refractivity contribution in [2.75, 3.05) is 19.9 Å². The van der Waals surface area contributed by atoms with Gasteiger partial charge < -0.3 is 35.0 Å². The number of benzene rings is 2. The molecule has 0 amide bonds. The van der Waals surface area contributed by atoms with Gasteiger partial charge in [-0.05, 0) is 67.5 Å². The Morgan fingerprint density at radius 2 is 1.70 bits per heavy atom. The highest BCUT2D eigenvalue weighted by molar-refractivity contribution is 5.79. The zero-order valence-electron chi connectivity index (χ0n) is 18.6. The third-order valence-electron chi connectivity index (χ3n) is 5.11. The first kappa shape index (κ1) is 26.2. The number of phenolic OH excluding ortho intramolecular Hbond substituents is 3. The number of hydrogen-bond acceptors (Lipinski definition) is 9. The topological polar surface area (TPSA) is 163 Å². The molecule has 0 fully saturated rings. The van der Waals surface area contributed by atoms with Crippen LogP contribution in [0, 0.1) is 0 Å². The first-order valence-corrected chi connectivity index (χ1v) is 11.0. The minimum Gasteiger partial charge on any atom is -0.504 e. The molecule has 0 saturated carbocycles. The van der Waals surface area contributed by atoms with E-state index in [0.29, 0.717) is 37.7 Å². The van der Waals surface area contributed by atoms with Crippen molar-refractivity contribution < 1.29 is 39.8 Å². The lowest BCUT2D eigenvalue weighted by Gasteiger charge is -2.13. The number of ketones is 1. The number of ether oxygens (including phenoxy) is 2. The minimum absolute atomic E-state index is 0.00117. The number of nitrogens with two attached hydrogens (primary N) is 1. The van der Waals surface area contributed by atoms with Gasteiger partial charge in [0.15, 0.2) is 23.0 Å². The molecule has 0 spiro atoms. The molecule has 182 valence electrons. The molecule has 0 saturated heterocycles. The van der Waals surface area contributed by atoms with Gasteiger partial charge in [0.25, 0.3) is 0 Å². The molecule has 0 bridgehead atoms. The lowest BCUT2D eigenvalue weighted by atomic mass is 9.99. The van der Waals surface area contributed by atoms with Gasteiger partial charge in [-0.25, -0.2) is 0 Å². The summed E-state index contributed by atoms with van der Waals surface area (Å²) in [6.07, 6.45) is 1.68. The average Bonchev–Trinajstić information content (AvgIpc) is 2.78. The molecule has 2 rings (SSSR count). The zero-order chi connectivity index (χ0) is 24.2. The van der Waals surface area contributed by atoms with Crippen molar-refractivity contribution in [3.05, 3.63) is 41.5 Å². The van der Waals surface area contributed by atoms with E-state index in [1.165, 1.54) is 12.1 Å². The van der Waals surface area contributed by atoms with Gasteiger partial charge in [-0.3, -0.25) is 10.5 Å². The Labute approximate surface area is 193 Å². The van der Waals surface area contributed by atoms with Gasteiger partial charge in [0.2, 0.25) is 5.75 Å². The summed E-state index contributed by atoms with van der Waals surface area (Å²) in [6.45, 7) is 0.267. The fourth-order valence-electron chi connectivity index (χ4n) is 3.30. The number of hydrogen-bond donors (Lipinski definition) is 6. The summed E-state index contributed by atoms with van der Waals surface area (Å²) < 4.78 is 10.6. The van der Waals surface area contributed by atoms with E-state index in [1.807, 2.05) is 0 Å². The molecule has 0 heterocycles. The Bertz CT molecular complexity index is 902. The van der Waals surface area contributed by atoms with Crippen molar-refractivity contribution in [2.45, 2.75) is 51.0 Å². The fourth-order valence-corrected chi connectivity index (χ4v) is 3.30. The van der Waals surface area contributed by atoms with E-state index in [9.17, 15) is 25.2 Å². The third-order valence-corrected chi connectivity index (χ3v) is 5.11. The van der Waals surface area contributed by atoms with E-state index >= 15 is 0 Å². The van der Waals surface area contributed by atoms with Crippen LogP contribution in [0.1, 0.15) is 43.2 Å². The second-order valence-corrected chi connectivity index (χ2v) is 7.79. The van der Waals surface area contributed by atoms with Crippen LogP contribution in [0.4, 0.5) is 0 Å². The van der Waals surface area contributed by atoms with Gasteiger partial charge in [-0.15, -0.1) is 0 Å². The molecule has 2 aromatic rings. The lowest BCUT2D eigenvalue weighted by molar-refractivity contribution is -0.121. The summed E-state index contributed by atoms with van der Waals surface area (Å²) >= 11 is 0. The first-order chi connectivity index (χ1) is 15.8. The van der Waals surface area contributed by atoms with E-state index in [-0.39, 0.29) is 67.3 Å². The monoisotopic (exact) mass is 463 g/mol. The summed E-state index contributed by atoms with van der Waals surface area (Å²) in [6, 6.07) is 7.80. The molecule has 1 atom stereocenters. The number of carbonyl (C=O) groups excluding carboxylic acids is 1. The zero-order valence-corrected chi connectivity index (χ0v) is 18.6. The lowest BCUT2D eigenvalue weighted by Crippen LogP contribution is -2.15. The highest BCUT2D eigenvalue weighted by atomic mass is 16.5. The van der Waals surface area contributed by atoms with Gasteiger partial charge in [0, 0.05) is 19.4 Å². The van der Waals surface area contributed by atoms with Crippen molar-refractivity contribution in [1.29, 1.82) is 0 Å². The van der Waals surface area contributed by atoms with Crippen LogP contribution >= 0.6 is 0 Å². The van der Waals surface area contributed by atoms with Crippen molar-refractivity contribution >= 4 is 5.78 Å². The van der Waals surface area contributed by atoms with E-state index < -0.39 is 6.10 Å². The SMILES string of the molecule is NCOc1cc(CCC(=O)CC(O)CCc2cc(O)c(O)c(OCCCCO)c2)ccc1O. The Morgan fingerprint density at radius 3 is 2.42 bits per heavy atom. The van der Waals surface area contributed by atoms with Gasteiger partial charge in [0.05, 0.1) is 12.7 Å². The van der Waals surface area contributed by atoms with Crippen LogP contribution in [-0.2, 0) is 17.6 Å². The molecule has 0 aromatic heterocycles. The van der Waals surface area contributed by atoms with Crippen molar-refractivity contribution in [2.24, 2.45) is 5.73 Å². The first-order valence-electron chi connectivity index (χ1n) is 11.0. The number of aliphatic hydroxyl groups excluding tert-OH is 2.